The number of rotatable bonds is 1. The summed E-state index contributed by atoms with van der Waals surface area (Å²) < 4.78 is 10.6. The fourth-order valence-corrected chi connectivity index (χ4v) is 0. The fraction of sp³-hybridized carbons (Fsp3) is 0. The third-order valence-electron chi connectivity index (χ3n) is 0.0522. The van der Waals surface area contributed by atoms with Crippen molar-refractivity contribution in [3.8, 4) is 0 Å². The van der Waals surface area contributed by atoms with Crippen molar-refractivity contribution in [1.82, 2.24) is 0 Å². The van der Waals surface area contributed by atoms with Crippen LogP contribution in [-0.4, -0.2) is 0 Å². The molecule has 0 aliphatic heterocycles. The Kier molecular flexibility index (Phi) is 6.21. The van der Waals surface area contributed by atoms with E-state index in [-0.39, 0.29) is 0 Å². The van der Waals surface area contributed by atoms with Gasteiger partial charge >= 0.3 is 0 Å². The molecule has 0 aromatic carbocycles. The Morgan fingerprint density at radius 3 is 1.80 bits per heavy atom. The van der Waals surface area contributed by atoms with E-state index in [9.17, 15) is 3.89 Å². The molecule has 0 saturated heterocycles. The number of halogens is 3. The average molecular weight is 336 g/mol. The minimum Gasteiger partial charge on any atom is -0.159 e. The Morgan fingerprint density at radius 2 is 1.80 bits per heavy atom. The number of hydrogen-bond acceptors (Lipinski definition) is 1. The van der Waals surface area contributed by atoms with Crippen LogP contribution in [0.2, 0.25) is 0 Å². The van der Waals surface area contributed by atoms with Crippen LogP contribution >= 0.6 is 58.3 Å². The van der Waals surface area contributed by atoms with E-state index in [1.807, 2.05) is 44.1 Å². The molecule has 32 valence electrons. The molecule has 0 saturated carbocycles. The van der Waals surface area contributed by atoms with Gasteiger partial charge in [0.05, 0.1) is 11.8 Å². The summed E-state index contributed by atoms with van der Waals surface area (Å²) in [6.45, 7) is 0. The Bertz CT molecular complexity index is 23.6. The first-order valence-electron chi connectivity index (χ1n) is 0.675. The lowest BCUT2D eigenvalue weighted by molar-refractivity contribution is 0.953. The molecule has 0 amide bonds. The molecule has 0 aromatic heterocycles. The molecule has 5 heteroatoms. The highest BCUT2D eigenvalue weighted by Crippen LogP contribution is 2.65. The highest BCUT2D eigenvalue weighted by Gasteiger charge is 1.91. The quantitative estimate of drug-likeness (QED) is 0.520. The third-order valence-corrected chi connectivity index (χ3v) is 3.15. The van der Waals surface area contributed by atoms with E-state index in [2.05, 4.69) is 0 Å². The zero-order valence-electron chi connectivity index (χ0n) is 1.99. The summed E-state index contributed by atoms with van der Waals surface area (Å²) in [4.78, 5) is 0. The maximum atomic E-state index is 11.0. The van der Waals surface area contributed by atoms with Gasteiger partial charge in [0.2, 0.25) is 0 Å². The summed E-state index contributed by atoms with van der Waals surface area (Å²) in [5, 5.41) is 0. The first-order chi connectivity index (χ1) is 2.27. The van der Waals surface area contributed by atoms with E-state index < -0.39 is 2.41 Å². The first-order valence-corrected chi connectivity index (χ1v) is 8.91. The van der Waals surface area contributed by atoms with Gasteiger partial charge in [-0.15, -0.1) is 0 Å². The van der Waals surface area contributed by atoms with Crippen molar-refractivity contribution < 1.29 is 3.89 Å². The van der Waals surface area contributed by atoms with Gasteiger partial charge in [0.25, 0.3) is 0 Å². The average Bonchev–Trinajstić information content (AvgIpc) is 1.38. The molecule has 0 aliphatic carbocycles. The van der Waals surface area contributed by atoms with Crippen LogP contribution in [0.3, 0.4) is 0 Å². The van der Waals surface area contributed by atoms with E-state index in [0.29, 0.717) is 11.8 Å². The van der Waals surface area contributed by atoms with Gasteiger partial charge in [0.15, 0.2) is 0 Å². The van der Waals surface area contributed by atoms with Crippen molar-refractivity contribution in [2.75, 3.05) is 0 Å². The fourth-order valence-electron chi connectivity index (χ4n) is 0. The molecular formula is FI2PS. The van der Waals surface area contributed by atoms with Crippen LogP contribution in [0.5, 0.6) is 0 Å². The summed E-state index contributed by atoms with van der Waals surface area (Å²) >= 11 is 4.51. The van der Waals surface area contributed by atoms with Crippen LogP contribution in [-0.2, 0) is 0 Å². The van der Waals surface area contributed by atoms with Crippen molar-refractivity contribution in [1.29, 1.82) is 0 Å². The maximum absolute atomic E-state index is 11.0. The van der Waals surface area contributed by atoms with Crippen LogP contribution in [0.4, 0.5) is 3.89 Å². The molecule has 0 atom stereocenters. The molecule has 0 bridgehead atoms. The van der Waals surface area contributed by atoms with Gasteiger partial charge in [-0.2, -0.15) is 3.89 Å². The van der Waals surface area contributed by atoms with Crippen LogP contribution in [0, 0.1) is 0 Å². The van der Waals surface area contributed by atoms with E-state index in [0.717, 1.165) is 0 Å². The zero-order chi connectivity index (χ0) is 4.28. The Morgan fingerprint density at radius 1 is 1.60 bits per heavy atom. The normalized spacial score (nSPS) is 9.60. The zero-order valence-corrected chi connectivity index (χ0v) is 8.02. The molecule has 0 rings (SSSR count). The second kappa shape index (κ2) is 4.33. The third kappa shape index (κ3) is 6.17. The molecule has 0 N–H and O–H groups in total. The van der Waals surface area contributed by atoms with Crippen LogP contribution in [0.25, 0.3) is 0 Å². The maximum Gasteiger partial charge on any atom is 0.119 e. The molecule has 0 aliphatic rings. The summed E-state index contributed by atoms with van der Waals surface area (Å²) in [5.41, 5.74) is 0. The predicted octanol–water partition coefficient (Wildman–Crippen LogP) is 3.70. The molecular weight excluding hydrogens is 336 g/mol. The second-order valence-corrected chi connectivity index (χ2v) is 17.6. The molecule has 0 spiro atoms. The molecule has 0 unspecified atom stereocenters. The predicted molar refractivity (Wildman–Crippen MR) is 43.7 cm³/mol. The topological polar surface area (TPSA) is 0 Å². The van der Waals surface area contributed by atoms with Gasteiger partial charge in [-0.05, 0) is 44.1 Å². The summed E-state index contributed by atoms with van der Waals surface area (Å²) in [7, 11) is 0. The van der Waals surface area contributed by atoms with Crippen molar-refractivity contribution in [3.63, 3.8) is 0 Å². The second-order valence-electron chi connectivity index (χ2n) is 0.271. The minimum absolute atomic E-state index is 0.408. The summed E-state index contributed by atoms with van der Waals surface area (Å²) in [5.74, 6) is 0. The van der Waals surface area contributed by atoms with E-state index in [1.54, 1.807) is 0 Å². The Labute approximate surface area is 61.4 Å². The molecule has 0 heterocycles. The smallest absolute Gasteiger partial charge is 0.119 e. The largest absolute Gasteiger partial charge is 0.159 e. The summed E-state index contributed by atoms with van der Waals surface area (Å²) in [6.07, 6.45) is 0. The van der Waals surface area contributed by atoms with Gasteiger partial charge in [-0.3, -0.25) is 0 Å². The van der Waals surface area contributed by atoms with Gasteiger partial charge in [0, 0.05) is 0 Å². The Balaban J connectivity index is 2.54. The lowest BCUT2D eigenvalue weighted by atomic mass is 18.9. The van der Waals surface area contributed by atoms with Crippen LogP contribution < -0.4 is 0 Å². The molecule has 0 fully saturated rings. The summed E-state index contributed by atoms with van der Waals surface area (Å²) in [6, 6.07) is 0. The number of hydrogen-bond donors (Lipinski definition) is 0. The van der Waals surface area contributed by atoms with Crippen molar-refractivity contribution in [3.05, 3.63) is 0 Å². The van der Waals surface area contributed by atoms with Gasteiger partial charge in [-0.1, -0.05) is 0 Å². The highest BCUT2D eigenvalue weighted by molar-refractivity contribution is 14.3. The minimum atomic E-state index is -0.408. The monoisotopic (exact) mass is 336 g/mol. The van der Waals surface area contributed by atoms with Crippen LogP contribution in [0.15, 0.2) is 0 Å². The van der Waals surface area contributed by atoms with Crippen molar-refractivity contribution in [2.24, 2.45) is 0 Å². The first kappa shape index (κ1) is 7.17. The van der Waals surface area contributed by atoms with Crippen molar-refractivity contribution in [2.45, 2.75) is 0 Å². The van der Waals surface area contributed by atoms with Gasteiger partial charge in [0.1, 0.15) is 2.41 Å². The lowest BCUT2D eigenvalue weighted by Gasteiger charge is -1.79. The molecule has 0 radical (unpaired) electrons. The lowest BCUT2D eigenvalue weighted by Crippen LogP contribution is -1.09. The van der Waals surface area contributed by atoms with Gasteiger partial charge < -0.3 is 0 Å². The Hall–Kier alpha value is 2.17. The van der Waals surface area contributed by atoms with E-state index >= 15 is 0 Å². The highest BCUT2D eigenvalue weighted by atomic mass is 127. The SMILES string of the molecule is FSP(I)I. The standard InChI is InChI=1S/FI2PS/c1-5-4(2)3. The van der Waals surface area contributed by atoms with E-state index in [1.165, 1.54) is 0 Å². The van der Waals surface area contributed by atoms with Crippen LogP contribution in [0.1, 0.15) is 0 Å². The molecule has 0 nitrogen and oxygen atoms in total. The van der Waals surface area contributed by atoms with Crippen molar-refractivity contribution >= 4 is 58.3 Å². The van der Waals surface area contributed by atoms with E-state index in [4.69, 9.17) is 0 Å². The molecule has 0 aromatic rings. The molecule has 5 heavy (non-hydrogen) atoms. The van der Waals surface area contributed by atoms with Gasteiger partial charge in [-0.25, -0.2) is 0 Å².